The van der Waals surface area contributed by atoms with Crippen molar-refractivity contribution in [3.8, 4) is 0 Å². The minimum Gasteiger partial charge on any atom is -0.399 e. The van der Waals surface area contributed by atoms with E-state index >= 15 is 0 Å². The number of nitrogens with zero attached hydrogens (tertiary/aromatic N) is 2. The van der Waals surface area contributed by atoms with Crippen molar-refractivity contribution in [2.75, 3.05) is 5.73 Å². The summed E-state index contributed by atoms with van der Waals surface area (Å²) in [5.41, 5.74) is 7.13. The fourth-order valence-corrected chi connectivity index (χ4v) is 2.67. The number of nitrogens with two attached hydrogens (primary N) is 1. The summed E-state index contributed by atoms with van der Waals surface area (Å²) in [5, 5.41) is 1.58. The molecule has 0 amide bonds. The Labute approximate surface area is 113 Å². The molecule has 19 heavy (non-hydrogen) atoms. The summed E-state index contributed by atoms with van der Waals surface area (Å²) in [6, 6.07) is 12.0. The predicted octanol–water partition coefficient (Wildman–Crippen LogP) is 3.50. The van der Waals surface area contributed by atoms with Gasteiger partial charge in [-0.25, -0.2) is 14.4 Å². The second-order valence-electron chi connectivity index (χ2n) is 3.99. The molecule has 0 aliphatic heterocycles. The fraction of sp³-hybridized carbons (Fsp3) is 0. The SMILES string of the molecule is Nc1ccc2c(Sc3ccccc3F)ncnc2c1. The molecule has 0 atom stereocenters. The van der Waals surface area contributed by atoms with E-state index in [0.717, 1.165) is 15.9 Å². The van der Waals surface area contributed by atoms with Gasteiger partial charge in [-0.3, -0.25) is 0 Å². The van der Waals surface area contributed by atoms with Crippen LogP contribution >= 0.6 is 11.8 Å². The third kappa shape index (κ3) is 2.37. The van der Waals surface area contributed by atoms with Gasteiger partial charge in [-0.2, -0.15) is 0 Å². The molecule has 0 saturated carbocycles. The number of benzene rings is 2. The van der Waals surface area contributed by atoms with E-state index in [0.29, 0.717) is 10.6 Å². The maximum absolute atomic E-state index is 13.7. The third-order valence-electron chi connectivity index (χ3n) is 2.67. The van der Waals surface area contributed by atoms with Gasteiger partial charge < -0.3 is 5.73 Å². The van der Waals surface area contributed by atoms with E-state index in [1.165, 1.54) is 24.2 Å². The highest BCUT2D eigenvalue weighted by Gasteiger charge is 2.08. The quantitative estimate of drug-likeness (QED) is 0.572. The highest BCUT2D eigenvalue weighted by molar-refractivity contribution is 7.99. The lowest BCUT2D eigenvalue weighted by Crippen LogP contribution is -1.90. The van der Waals surface area contributed by atoms with E-state index in [-0.39, 0.29) is 5.82 Å². The van der Waals surface area contributed by atoms with Crippen LogP contribution in [-0.4, -0.2) is 9.97 Å². The number of anilines is 1. The average Bonchev–Trinajstić information content (AvgIpc) is 2.41. The van der Waals surface area contributed by atoms with Crippen LogP contribution in [0.3, 0.4) is 0 Å². The molecular weight excluding hydrogens is 261 g/mol. The molecule has 3 aromatic rings. The third-order valence-corrected chi connectivity index (χ3v) is 3.74. The van der Waals surface area contributed by atoms with Gasteiger partial charge in [-0.15, -0.1) is 0 Å². The van der Waals surface area contributed by atoms with Gasteiger partial charge in [0.05, 0.1) is 5.52 Å². The van der Waals surface area contributed by atoms with Crippen LogP contribution < -0.4 is 5.73 Å². The molecule has 2 N–H and O–H groups in total. The van der Waals surface area contributed by atoms with Gasteiger partial charge in [0.25, 0.3) is 0 Å². The molecule has 0 aliphatic carbocycles. The normalized spacial score (nSPS) is 10.8. The van der Waals surface area contributed by atoms with Crippen LogP contribution in [0.15, 0.2) is 58.7 Å². The maximum atomic E-state index is 13.7. The van der Waals surface area contributed by atoms with E-state index in [1.54, 1.807) is 30.3 Å². The second kappa shape index (κ2) is 4.85. The van der Waals surface area contributed by atoms with E-state index in [2.05, 4.69) is 9.97 Å². The number of hydrogen-bond donors (Lipinski definition) is 1. The lowest BCUT2D eigenvalue weighted by molar-refractivity contribution is 0.602. The zero-order valence-corrected chi connectivity index (χ0v) is 10.7. The van der Waals surface area contributed by atoms with Crippen molar-refractivity contribution >= 4 is 28.4 Å². The molecule has 0 radical (unpaired) electrons. The highest BCUT2D eigenvalue weighted by atomic mass is 32.2. The lowest BCUT2D eigenvalue weighted by atomic mass is 10.2. The standard InChI is InChI=1S/C14H10FN3S/c15-11-3-1-2-4-13(11)19-14-10-6-5-9(16)7-12(10)17-8-18-14/h1-8H,16H2. The molecule has 0 spiro atoms. The Bertz CT molecular complexity index is 746. The molecule has 0 saturated heterocycles. The predicted molar refractivity (Wildman–Crippen MR) is 74.5 cm³/mol. The summed E-state index contributed by atoms with van der Waals surface area (Å²) in [6.45, 7) is 0. The minimum atomic E-state index is -0.255. The van der Waals surface area contributed by atoms with E-state index in [9.17, 15) is 4.39 Å². The Morgan fingerprint density at radius 3 is 2.74 bits per heavy atom. The van der Waals surface area contributed by atoms with E-state index < -0.39 is 0 Å². The zero-order valence-electron chi connectivity index (χ0n) is 9.88. The average molecular weight is 271 g/mol. The zero-order chi connectivity index (χ0) is 13.2. The Kier molecular flexibility index (Phi) is 3.05. The Balaban J connectivity index is 2.09. The smallest absolute Gasteiger partial charge is 0.137 e. The van der Waals surface area contributed by atoms with E-state index in [1.807, 2.05) is 6.07 Å². The first kappa shape index (κ1) is 11.9. The van der Waals surface area contributed by atoms with Gasteiger partial charge >= 0.3 is 0 Å². The molecular formula is C14H10FN3S. The first-order valence-corrected chi connectivity index (χ1v) is 6.48. The van der Waals surface area contributed by atoms with Crippen molar-refractivity contribution in [2.24, 2.45) is 0 Å². The van der Waals surface area contributed by atoms with Gasteiger partial charge in [-0.1, -0.05) is 23.9 Å². The number of fused-ring (bicyclic) bond motifs is 1. The summed E-state index contributed by atoms with van der Waals surface area (Å²) in [4.78, 5) is 8.93. The van der Waals surface area contributed by atoms with E-state index in [4.69, 9.17) is 5.73 Å². The van der Waals surface area contributed by atoms with Crippen LogP contribution in [0, 0.1) is 5.82 Å². The summed E-state index contributed by atoms with van der Waals surface area (Å²) < 4.78 is 13.7. The summed E-state index contributed by atoms with van der Waals surface area (Å²) in [7, 11) is 0. The molecule has 94 valence electrons. The highest BCUT2D eigenvalue weighted by Crippen LogP contribution is 2.32. The van der Waals surface area contributed by atoms with Crippen molar-refractivity contribution in [3.63, 3.8) is 0 Å². The second-order valence-corrected chi connectivity index (χ2v) is 5.02. The monoisotopic (exact) mass is 271 g/mol. The molecule has 0 fully saturated rings. The van der Waals surface area contributed by atoms with Gasteiger partial charge in [0, 0.05) is 16.0 Å². The Hall–Kier alpha value is -2.14. The molecule has 0 aliphatic rings. The summed E-state index contributed by atoms with van der Waals surface area (Å²) in [6.07, 6.45) is 1.46. The Morgan fingerprint density at radius 2 is 1.89 bits per heavy atom. The molecule has 2 aromatic carbocycles. The minimum absolute atomic E-state index is 0.255. The van der Waals surface area contributed by atoms with Crippen LogP contribution in [0.5, 0.6) is 0 Å². The van der Waals surface area contributed by atoms with Gasteiger partial charge in [0.1, 0.15) is 17.2 Å². The molecule has 5 heteroatoms. The first-order valence-electron chi connectivity index (χ1n) is 5.66. The maximum Gasteiger partial charge on any atom is 0.137 e. The van der Waals surface area contributed by atoms with Crippen LogP contribution in [0.4, 0.5) is 10.1 Å². The Morgan fingerprint density at radius 1 is 1.05 bits per heavy atom. The van der Waals surface area contributed by atoms with Crippen molar-refractivity contribution in [1.82, 2.24) is 9.97 Å². The van der Waals surface area contributed by atoms with Crippen molar-refractivity contribution in [1.29, 1.82) is 0 Å². The van der Waals surface area contributed by atoms with Crippen LogP contribution in [0.2, 0.25) is 0 Å². The van der Waals surface area contributed by atoms with Crippen LogP contribution in [0.25, 0.3) is 10.9 Å². The molecule has 3 rings (SSSR count). The molecule has 1 aromatic heterocycles. The van der Waals surface area contributed by atoms with Crippen molar-refractivity contribution < 1.29 is 4.39 Å². The van der Waals surface area contributed by atoms with Gasteiger partial charge in [0.2, 0.25) is 0 Å². The number of nitrogen functional groups attached to an aromatic ring is 1. The largest absolute Gasteiger partial charge is 0.399 e. The lowest BCUT2D eigenvalue weighted by Gasteiger charge is -2.05. The molecule has 3 nitrogen and oxygen atoms in total. The number of aromatic nitrogens is 2. The molecule has 0 bridgehead atoms. The fourth-order valence-electron chi connectivity index (χ4n) is 1.76. The summed E-state index contributed by atoms with van der Waals surface area (Å²) >= 11 is 1.28. The molecule has 0 unspecified atom stereocenters. The van der Waals surface area contributed by atoms with Crippen LogP contribution in [0.1, 0.15) is 0 Å². The van der Waals surface area contributed by atoms with Gasteiger partial charge in [-0.05, 0) is 30.3 Å². The van der Waals surface area contributed by atoms with Crippen molar-refractivity contribution in [3.05, 3.63) is 54.6 Å². The number of halogens is 1. The topological polar surface area (TPSA) is 51.8 Å². The van der Waals surface area contributed by atoms with Crippen LogP contribution in [-0.2, 0) is 0 Å². The first-order chi connectivity index (χ1) is 9.24. The summed E-state index contributed by atoms with van der Waals surface area (Å²) in [5.74, 6) is -0.255. The molecule has 1 heterocycles. The number of hydrogen-bond acceptors (Lipinski definition) is 4. The van der Waals surface area contributed by atoms with Gasteiger partial charge in [0.15, 0.2) is 0 Å². The number of rotatable bonds is 2. The van der Waals surface area contributed by atoms with Crippen molar-refractivity contribution in [2.45, 2.75) is 9.92 Å².